The molecule has 0 unspecified atom stereocenters. The third kappa shape index (κ3) is 4.92. The van der Waals surface area contributed by atoms with Gasteiger partial charge < -0.3 is 9.47 Å². The smallest absolute Gasteiger partial charge is 0.315 e. The van der Waals surface area contributed by atoms with E-state index in [9.17, 15) is 9.59 Å². The van der Waals surface area contributed by atoms with Gasteiger partial charge in [-0.15, -0.1) is 11.3 Å². The quantitative estimate of drug-likeness (QED) is 0.571. The maximum absolute atomic E-state index is 12.6. The fourth-order valence-corrected chi connectivity index (χ4v) is 3.51. The van der Waals surface area contributed by atoms with E-state index in [4.69, 9.17) is 21.1 Å². The van der Waals surface area contributed by atoms with Crippen molar-refractivity contribution in [1.82, 2.24) is 4.98 Å². The molecule has 0 atom stereocenters. The Kier molecular flexibility index (Phi) is 6.88. The van der Waals surface area contributed by atoms with Gasteiger partial charge in [-0.05, 0) is 53.7 Å². The van der Waals surface area contributed by atoms with Gasteiger partial charge in [0.1, 0.15) is 16.0 Å². The Morgan fingerprint density at radius 3 is 2.32 bits per heavy atom. The van der Waals surface area contributed by atoms with E-state index in [0.717, 1.165) is 15.4 Å². The number of carbonyl (C=O) groups excluding carboxylic acids is 2. The van der Waals surface area contributed by atoms with Crippen LogP contribution in [0.25, 0.3) is 10.6 Å². The van der Waals surface area contributed by atoms with Crippen LogP contribution >= 0.6 is 22.9 Å². The number of esters is 2. The molecular formula is C21H26ClNO4S. The van der Waals surface area contributed by atoms with Gasteiger partial charge in [0.05, 0.1) is 18.7 Å². The summed E-state index contributed by atoms with van der Waals surface area (Å²) in [6, 6.07) is 7.41. The molecule has 0 N–H and O–H groups in total. The molecule has 152 valence electrons. The van der Waals surface area contributed by atoms with Gasteiger partial charge in [-0.25, -0.2) is 4.98 Å². The van der Waals surface area contributed by atoms with Gasteiger partial charge >= 0.3 is 11.9 Å². The molecule has 2 rings (SSSR count). The largest absolute Gasteiger partial charge is 0.465 e. The van der Waals surface area contributed by atoms with Crippen molar-refractivity contribution in [3.05, 3.63) is 39.9 Å². The molecule has 0 spiro atoms. The van der Waals surface area contributed by atoms with Crippen molar-refractivity contribution in [2.24, 2.45) is 5.41 Å². The Hall–Kier alpha value is -1.92. The average Bonchev–Trinajstić information content (AvgIpc) is 2.95. The second-order valence-corrected chi connectivity index (χ2v) is 9.18. The fourth-order valence-electron chi connectivity index (χ4n) is 2.45. The summed E-state index contributed by atoms with van der Waals surface area (Å²) in [5, 5.41) is 1.48. The zero-order valence-corrected chi connectivity index (χ0v) is 18.7. The van der Waals surface area contributed by atoms with Crippen molar-refractivity contribution in [2.75, 3.05) is 6.61 Å². The topological polar surface area (TPSA) is 65.5 Å². The maximum Gasteiger partial charge on any atom is 0.315 e. The molecule has 28 heavy (non-hydrogen) atoms. The number of nitrogens with zero attached hydrogens (tertiary/aromatic N) is 1. The number of hydrogen-bond acceptors (Lipinski definition) is 6. The van der Waals surface area contributed by atoms with Gasteiger partial charge in [0, 0.05) is 15.5 Å². The predicted octanol–water partition coefficient (Wildman–Crippen LogP) is 5.23. The van der Waals surface area contributed by atoms with Crippen LogP contribution in [0.1, 0.15) is 45.2 Å². The predicted molar refractivity (Wildman–Crippen MR) is 112 cm³/mol. The van der Waals surface area contributed by atoms with Crippen molar-refractivity contribution in [2.45, 2.75) is 53.6 Å². The summed E-state index contributed by atoms with van der Waals surface area (Å²) in [4.78, 5) is 30.4. The molecule has 0 radical (unpaired) electrons. The lowest BCUT2D eigenvalue weighted by atomic mass is 9.77. The molecular weight excluding hydrogens is 398 g/mol. The van der Waals surface area contributed by atoms with Gasteiger partial charge in [0.25, 0.3) is 0 Å². The fraction of sp³-hybridized carbons (Fsp3) is 0.476. The Morgan fingerprint density at radius 2 is 1.75 bits per heavy atom. The first-order valence-electron chi connectivity index (χ1n) is 9.09. The lowest BCUT2D eigenvalue weighted by Crippen LogP contribution is -2.49. The van der Waals surface area contributed by atoms with Crippen molar-refractivity contribution in [1.29, 1.82) is 0 Å². The highest BCUT2D eigenvalue weighted by molar-refractivity contribution is 7.15. The summed E-state index contributed by atoms with van der Waals surface area (Å²) in [5.74, 6) is -0.832. The standard InChI is InChI=1S/C21H26ClNO4S/c1-7-26-19(25)20(3,4)21(5,6)27-17(24)12-16-13(2)28-18(23-16)14-8-10-15(22)11-9-14/h8-11H,7,12H2,1-6H3. The molecule has 0 aliphatic carbocycles. The molecule has 0 saturated heterocycles. The van der Waals surface area contributed by atoms with Crippen molar-refractivity contribution in [3.8, 4) is 10.6 Å². The third-order valence-electron chi connectivity index (χ3n) is 4.96. The minimum atomic E-state index is -1.03. The van der Waals surface area contributed by atoms with E-state index >= 15 is 0 Å². The van der Waals surface area contributed by atoms with Crippen LogP contribution in [0.15, 0.2) is 24.3 Å². The molecule has 0 aliphatic rings. The molecule has 0 bridgehead atoms. The summed E-state index contributed by atoms with van der Waals surface area (Å²) in [6.45, 7) is 10.8. The second kappa shape index (κ2) is 8.62. The Morgan fingerprint density at radius 1 is 1.14 bits per heavy atom. The third-order valence-corrected chi connectivity index (χ3v) is 6.27. The molecule has 1 aromatic carbocycles. The summed E-state index contributed by atoms with van der Waals surface area (Å²) >= 11 is 7.45. The molecule has 0 aliphatic heterocycles. The normalized spacial score (nSPS) is 12.0. The van der Waals surface area contributed by atoms with Crippen LogP contribution in [0.4, 0.5) is 0 Å². The van der Waals surface area contributed by atoms with Crippen LogP contribution in [0, 0.1) is 12.3 Å². The van der Waals surface area contributed by atoms with E-state index in [1.54, 1.807) is 34.6 Å². The van der Waals surface area contributed by atoms with E-state index in [-0.39, 0.29) is 13.0 Å². The van der Waals surface area contributed by atoms with Gasteiger partial charge in [-0.1, -0.05) is 23.7 Å². The minimum absolute atomic E-state index is 0.0399. The van der Waals surface area contributed by atoms with E-state index in [0.29, 0.717) is 10.7 Å². The SMILES string of the molecule is CCOC(=O)C(C)(C)C(C)(C)OC(=O)Cc1nc(-c2ccc(Cl)cc2)sc1C. The Balaban J connectivity index is 2.12. The Labute approximate surface area is 175 Å². The number of carbonyl (C=O) groups is 2. The number of rotatable bonds is 7. The average molecular weight is 424 g/mol. The van der Waals surface area contributed by atoms with Crippen molar-refractivity contribution >= 4 is 34.9 Å². The lowest BCUT2D eigenvalue weighted by Gasteiger charge is -2.38. The van der Waals surface area contributed by atoms with E-state index in [1.165, 1.54) is 11.3 Å². The van der Waals surface area contributed by atoms with Crippen LogP contribution < -0.4 is 0 Å². The maximum atomic E-state index is 12.6. The number of hydrogen-bond donors (Lipinski definition) is 0. The molecule has 5 nitrogen and oxygen atoms in total. The second-order valence-electron chi connectivity index (χ2n) is 7.54. The summed E-state index contributed by atoms with van der Waals surface area (Å²) in [7, 11) is 0. The summed E-state index contributed by atoms with van der Waals surface area (Å²) < 4.78 is 10.8. The molecule has 0 amide bonds. The number of thiazole rings is 1. The zero-order valence-electron chi connectivity index (χ0n) is 17.1. The first kappa shape index (κ1) is 22.4. The van der Waals surface area contributed by atoms with Crippen LogP contribution in [0.5, 0.6) is 0 Å². The van der Waals surface area contributed by atoms with Crippen LogP contribution in [-0.4, -0.2) is 29.1 Å². The van der Waals surface area contributed by atoms with Crippen molar-refractivity contribution < 1.29 is 19.1 Å². The first-order chi connectivity index (χ1) is 13.0. The van der Waals surface area contributed by atoms with Crippen LogP contribution in [0.2, 0.25) is 5.02 Å². The van der Waals surface area contributed by atoms with Gasteiger partial charge in [-0.3, -0.25) is 9.59 Å². The number of aryl methyl sites for hydroxylation is 1. The van der Waals surface area contributed by atoms with Gasteiger partial charge in [-0.2, -0.15) is 0 Å². The number of ether oxygens (including phenoxy) is 2. The summed E-state index contributed by atoms with van der Waals surface area (Å²) in [5.41, 5.74) is -0.394. The number of benzene rings is 1. The van der Waals surface area contributed by atoms with E-state index in [1.807, 2.05) is 31.2 Å². The highest BCUT2D eigenvalue weighted by atomic mass is 35.5. The van der Waals surface area contributed by atoms with Crippen LogP contribution in [-0.2, 0) is 25.5 Å². The zero-order chi connectivity index (χ0) is 21.1. The highest BCUT2D eigenvalue weighted by Gasteiger charge is 2.47. The monoisotopic (exact) mass is 423 g/mol. The number of aromatic nitrogens is 1. The molecule has 0 fully saturated rings. The number of halogens is 1. The molecule has 1 heterocycles. The Bertz CT molecular complexity index is 856. The molecule has 2 aromatic rings. The lowest BCUT2D eigenvalue weighted by molar-refractivity contribution is -0.182. The minimum Gasteiger partial charge on any atom is -0.465 e. The molecule has 1 aromatic heterocycles. The van der Waals surface area contributed by atoms with E-state index < -0.39 is 23.0 Å². The van der Waals surface area contributed by atoms with Crippen molar-refractivity contribution in [3.63, 3.8) is 0 Å². The molecule has 7 heteroatoms. The van der Waals surface area contributed by atoms with Gasteiger partial charge in [0.15, 0.2) is 0 Å². The van der Waals surface area contributed by atoms with Gasteiger partial charge in [0.2, 0.25) is 0 Å². The summed E-state index contributed by atoms with van der Waals surface area (Å²) in [6.07, 6.45) is 0.0399. The van der Waals surface area contributed by atoms with E-state index in [2.05, 4.69) is 4.98 Å². The first-order valence-corrected chi connectivity index (χ1v) is 10.3. The highest BCUT2D eigenvalue weighted by Crippen LogP contribution is 2.36. The molecule has 0 saturated carbocycles. The van der Waals surface area contributed by atoms with Crippen LogP contribution in [0.3, 0.4) is 0 Å².